The van der Waals surface area contributed by atoms with Gasteiger partial charge in [-0.15, -0.1) is 11.3 Å². The van der Waals surface area contributed by atoms with E-state index >= 15 is 0 Å². The molecule has 0 radical (unpaired) electrons. The van der Waals surface area contributed by atoms with Crippen molar-refractivity contribution in [2.24, 2.45) is 11.8 Å². The molecule has 1 saturated carbocycles. The van der Waals surface area contributed by atoms with E-state index in [0.717, 1.165) is 43.8 Å². The first-order chi connectivity index (χ1) is 12.6. The Morgan fingerprint density at radius 3 is 2.54 bits per heavy atom. The van der Waals surface area contributed by atoms with E-state index in [0.29, 0.717) is 5.91 Å². The Bertz CT molecular complexity index is 607. The highest BCUT2D eigenvalue weighted by atomic mass is 32.1. The van der Waals surface area contributed by atoms with Gasteiger partial charge in [-0.2, -0.15) is 0 Å². The van der Waals surface area contributed by atoms with Gasteiger partial charge in [-0.3, -0.25) is 9.69 Å². The third kappa shape index (κ3) is 4.01. The zero-order valence-corrected chi connectivity index (χ0v) is 17.2. The number of hydrogen-bond donors (Lipinski definition) is 1. The maximum atomic E-state index is 12.8. The standard InChI is InChI=1S/C22H34N2OS/c1-15-11-18-7-8-19(12-15)24(18)10-9-20(21-13-16(2)14-26-21)23-22(25)17-5-3-4-6-17/h13-15,17-20H,3-12H2,1-2H3,(H,23,25)/t15?,18?,19?,20-/m0/s1. The van der Waals surface area contributed by atoms with Crippen LogP contribution in [0.3, 0.4) is 0 Å². The topological polar surface area (TPSA) is 32.3 Å². The lowest BCUT2D eigenvalue weighted by Crippen LogP contribution is -2.44. The summed E-state index contributed by atoms with van der Waals surface area (Å²) < 4.78 is 0. The van der Waals surface area contributed by atoms with Crippen LogP contribution in [0.15, 0.2) is 11.4 Å². The van der Waals surface area contributed by atoms with Gasteiger partial charge in [0.25, 0.3) is 0 Å². The first-order valence-electron chi connectivity index (χ1n) is 10.7. The summed E-state index contributed by atoms with van der Waals surface area (Å²) in [7, 11) is 0. The van der Waals surface area contributed by atoms with Crippen molar-refractivity contribution in [3.8, 4) is 0 Å². The zero-order valence-electron chi connectivity index (χ0n) is 16.4. The maximum Gasteiger partial charge on any atom is 0.223 e. The average Bonchev–Trinajstić information content (AvgIpc) is 3.33. The average molecular weight is 375 g/mol. The fraction of sp³-hybridized carbons (Fsp3) is 0.773. The number of carbonyl (C=O) groups is 1. The Morgan fingerprint density at radius 1 is 1.23 bits per heavy atom. The maximum absolute atomic E-state index is 12.8. The number of piperidine rings is 1. The van der Waals surface area contributed by atoms with E-state index < -0.39 is 0 Å². The Kier molecular flexibility index (Phi) is 5.70. The van der Waals surface area contributed by atoms with Gasteiger partial charge in [-0.05, 0) is 74.8 Å². The van der Waals surface area contributed by atoms with Gasteiger partial charge >= 0.3 is 0 Å². The molecule has 1 amide bonds. The Labute approximate surface area is 162 Å². The van der Waals surface area contributed by atoms with E-state index in [1.165, 1.54) is 49.0 Å². The summed E-state index contributed by atoms with van der Waals surface area (Å²) in [6.07, 6.45) is 11.2. The molecule has 144 valence electrons. The minimum Gasteiger partial charge on any atom is -0.348 e. The summed E-state index contributed by atoms with van der Waals surface area (Å²) in [5.41, 5.74) is 1.32. The molecule has 3 aliphatic rings. The number of nitrogens with one attached hydrogen (secondary N) is 1. The van der Waals surface area contributed by atoms with E-state index in [1.54, 1.807) is 0 Å². The van der Waals surface area contributed by atoms with Crippen LogP contribution in [0.4, 0.5) is 0 Å². The molecule has 4 heteroatoms. The lowest BCUT2D eigenvalue weighted by Gasteiger charge is -2.38. The van der Waals surface area contributed by atoms with Gasteiger partial charge in [0.05, 0.1) is 6.04 Å². The van der Waals surface area contributed by atoms with Crippen LogP contribution in [0, 0.1) is 18.8 Å². The first kappa shape index (κ1) is 18.5. The summed E-state index contributed by atoms with van der Waals surface area (Å²) >= 11 is 1.81. The smallest absolute Gasteiger partial charge is 0.223 e. The van der Waals surface area contributed by atoms with Crippen LogP contribution in [0.5, 0.6) is 0 Å². The molecule has 0 aromatic carbocycles. The zero-order chi connectivity index (χ0) is 18.1. The lowest BCUT2D eigenvalue weighted by atomic mass is 9.92. The molecule has 4 rings (SSSR count). The minimum atomic E-state index is 0.195. The van der Waals surface area contributed by atoms with E-state index in [-0.39, 0.29) is 12.0 Å². The van der Waals surface area contributed by atoms with Crippen molar-refractivity contribution >= 4 is 17.2 Å². The summed E-state index contributed by atoms with van der Waals surface area (Å²) in [4.78, 5) is 16.9. The Balaban J connectivity index is 1.41. The molecule has 1 aromatic heterocycles. The predicted molar refractivity (Wildman–Crippen MR) is 108 cm³/mol. The van der Waals surface area contributed by atoms with Gasteiger partial charge in [0.15, 0.2) is 0 Å². The second kappa shape index (κ2) is 8.02. The summed E-state index contributed by atoms with van der Waals surface area (Å²) in [5.74, 6) is 1.45. The van der Waals surface area contributed by atoms with Crippen molar-refractivity contribution in [2.45, 2.75) is 89.8 Å². The second-order valence-corrected chi connectivity index (χ2v) is 10.00. The fourth-order valence-corrected chi connectivity index (χ4v) is 6.57. The number of aryl methyl sites for hydroxylation is 1. The summed E-state index contributed by atoms with van der Waals surface area (Å²) in [5, 5.41) is 5.65. The molecule has 2 bridgehead atoms. The summed E-state index contributed by atoms with van der Waals surface area (Å²) in [6.45, 7) is 5.71. The molecular formula is C22H34N2OS. The molecule has 3 atom stereocenters. The van der Waals surface area contributed by atoms with E-state index in [2.05, 4.69) is 35.5 Å². The SMILES string of the molecule is Cc1csc([C@H](CCN2C3CCC2CC(C)C3)NC(=O)C2CCCC2)c1. The number of fused-ring (bicyclic) bond motifs is 2. The highest BCUT2D eigenvalue weighted by Crippen LogP contribution is 2.39. The van der Waals surface area contributed by atoms with Crippen molar-refractivity contribution in [1.29, 1.82) is 0 Å². The van der Waals surface area contributed by atoms with Crippen LogP contribution < -0.4 is 5.32 Å². The minimum absolute atomic E-state index is 0.195. The van der Waals surface area contributed by atoms with Crippen LogP contribution >= 0.6 is 11.3 Å². The van der Waals surface area contributed by atoms with Crippen molar-refractivity contribution in [3.05, 3.63) is 21.9 Å². The van der Waals surface area contributed by atoms with Crippen LogP contribution in [0.2, 0.25) is 0 Å². The van der Waals surface area contributed by atoms with Crippen LogP contribution in [-0.4, -0.2) is 29.4 Å². The fourth-order valence-electron chi connectivity index (χ4n) is 5.59. The molecule has 3 nitrogen and oxygen atoms in total. The van der Waals surface area contributed by atoms with Crippen molar-refractivity contribution in [1.82, 2.24) is 10.2 Å². The van der Waals surface area contributed by atoms with Crippen LogP contribution in [-0.2, 0) is 4.79 Å². The van der Waals surface area contributed by atoms with Gasteiger partial charge in [0, 0.05) is 29.4 Å². The molecule has 1 aliphatic carbocycles. The Hall–Kier alpha value is -0.870. The van der Waals surface area contributed by atoms with Gasteiger partial charge in [0.2, 0.25) is 5.91 Å². The van der Waals surface area contributed by atoms with Gasteiger partial charge in [0.1, 0.15) is 0 Å². The molecular weight excluding hydrogens is 340 g/mol. The van der Waals surface area contributed by atoms with E-state index in [9.17, 15) is 4.79 Å². The lowest BCUT2D eigenvalue weighted by molar-refractivity contribution is -0.125. The van der Waals surface area contributed by atoms with E-state index in [4.69, 9.17) is 0 Å². The largest absolute Gasteiger partial charge is 0.348 e. The number of hydrogen-bond acceptors (Lipinski definition) is 3. The number of carbonyl (C=O) groups excluding carboxylic acids is 1. The normalized spacial score (nSPS) is 30.6. The van der Waals surface area contributed by atoms with Gasteiger partial charge < -0.3 is 5.32 Å². The quantitative estimate of drug-likeness (QED) is 0.755. The molecule has 2 aliphatic heterocycles. The van der Waals surface area contributed by atoms with E-state index in [1.807, 2.05) is 11.3 Å². The third-order valence-corrected chi connectivity index (χ3v) is 8.10. The number of nitrogens with zero attached hydrogens (tertiary/aromatic N) is 1. The molecule has 3 heterocycles. The Morgan fingerprint density at radius 2 is 1.92 bits per heavy atom. The molecule has 0 spiro atoms. The molecule has 1 aromatic rings. The monoisotopic (exact) mass is 374 g/mol. The molecule has 2 unspecified atom stereocenters. The highest BCUT2D eigenvalue weighted by Gasteiger charge is 2.39. The first-order valence-corrected chi connectivity index (χ1v) is 11.6. The van der Waals surface area contributed by atoms with Crippen molar-refractivity contribution < 1.29 is 4.79 Å². The number of thiophene rings is 1. The van der Waals surface area contributed by atoms with Crippen LogP contribution in [0.25, 0.3) is 0 Å². The molecule has 1 N–H and O–H groups in total. The molecule has 26 heavy (non-hydrogen) atoms. The van der Waals surface area contributed by atoms with Gasteiger partial charge in [-0.1, -0.05) is 19.8 Å². The number of amides is 1. The van der Waals surface area contributed by atoms with Crippen molar-refractivity contribution in [3.63, 3.8) is 0 Å². The molecule has 3 fully saturated rings. The predicted octanol–water partition coefficient (Wildman–Crippen LogP) is 5.06. The van der Waals surface area contributed by atoms with Crippen LogP contribution in [0.1, 0.15) is 81.2 Å². The third-order valence-electron chi connectivity index (χ3n) is 6.93. The van der Waals surface area contributed by atoms with Gasteiger partial charge in [-0.25, -0.2) is 0 Å². The van der Waals surface area contributed by atoms with Crippen molar-refractivity contribution in [2.75, 3.05) is 6.54 Å². The second-order valence-electron chi connectivity index (χ2n) is 9.06. The highest BCUT2D eigenvalue weighted by molar-refractivity contribution is 7.10. The number of rotatable bonds is 6. The molecule has 2 saturated heterocycles. The summed E-state index contributed by atoms with van der Waals surface area (Å²) in [6, 6.07) is 4.05.